The minimum absolute atomic E-state index is 0.00106. The van der Waals surface area contributed by atoms with Gasteiger partial charge in [0.1, 0.15) is 0 Å². The SMILES string of the molecule is COCCN1CC(C)(C)NC(C)C1=O. The molecule has 1 atom stereocenters. The lowest BCUT2D eigenvalue weighted by Gasteiger charge is -2.42. The second-order valence-electron chi connectivity index (χ2n) is 4.50. The number of rotatable bonds is 3. The molecule has 1 N–H and O–H groups in total. The molecule has 1 aliphatic heterocycles. The first-order valence-corrected chi connectivity index (χ1v) is 5.02. The Balaban J connectivity index is 2.59. The summed E-state index contributed by atoms with van der Waals surface area (Å²) in [7, 11) is 1.65. The average molecular weight is 200 g/mol. The summed E-state index contributed by atoms with van der Waals surface area (Å²) in [4.78, 5) is 13.6. The van der Waals surface area contributed by atoms with Crippen molar-refractivity contribution < 1.29 is 9.53 Å². The van der Waals surface area contributed by atoms with E-state index in [0.717, 1.165) is 6.54 Å². The summed E-state index contributed by atoms with van der Waals surface area (Å²) in [5, 5.41) is 3.28. The molecule has 14 heavy (non-hydrogen) atoms. The minimum atomic E-state index is -0.0874. The first-order valence-electron chi connectivity index (χ1n) is 5.02. The van der Waals surface area contributed by atoms with Crippen LogP contribution in [0.5, 0.6) is 0 Å². The molecule has 1 amide bonds. The molecule has 1 fully saturated rings. The van der Waals surface area contributed by atoms with Crippen molar-refractivity contribution in [3.63, 3.8) is 0 Å². The van der Waals surface area contributed by atoms with E-state index in [4.69, 9.17) is 4.74 Å². The van der Waals surface area contributed by atoms with Gasteiger partial charge in [-0.05, 0) is 20.8 Å². The third-order valence-electron chi connectivity index (χ3n) is 2.44. The molecule has 4 nitrogen and oxygen atoms in total. The lowest BCUT2D eigenvalue weighted by molar-refractivity contribution is -0.138. The van der Waals surface area contributed by atoms with Crippen LogP contribution < -0.4 is 5.32 Å². The highest BCUT2D eigenvalue weighted by Gasteiger charge is 2.34. The highest BCUT2D eigenvalue weighted by molar-refractivity contribution is 5.82. The van der Waals surface area contributed by atoms with E-state index in [-0.39, 0.29) is 17.5 Å². The van der Waals surface area contributed by atoms with Crippen LogP contribution in [0.25, 0.3) is 0 Å². The number of hydrogen-bond acceptors (Lipinski definition) is 3. The predicted molar refractivity (Wildman–Crippen MR) is 55.1 cm³/mol. The number of nitrogens with zero attached hydrogens (tertiary/aromatic N) is 1. The van der Waals surface area contributed by atoms with Crippen LogP contribution in [0.1, 0.15) is 20.8 Å². The summed E-state index contributed by atoms with van der Waals surface area (Å²) in [5.74, 6) is 0.168. The summed E-state index contributed by atoms with van der Waals surface area (Å²) >= 11 is 0. The number of methoxy groups -OCH3 is 1. The van der Waals surface area contributed by atoms with Crippen molar-refractivity contribution in [3.8, 4) is 0 Å². The zero-order valence-electron chi connectivity index (χ0n) is 9.46. The van der Waals surface area contributed by atoms with E-state index in [2.05, 4.69) is 19.2 Å². The van der Waals surface area contributed by atoms with Gasteiger partial charge in [0.05, 0.1) is 12.6 Å². The molecule has 0 aromatic carbocycles. The van der Waals surface area contributed by atoms with Crippen LogP contribution in [0, 0.1) is 0 Å². The van der Waals surface area contributed by atoms with Gasteiger partial charge in [-0.25, -0.2) is 0 Å². The van der Waals surface area contributed by atoms with Crippen molar-refractivity contribution in [3.05, 3.63) is 0 Å². The summed E-state index contributed by atoms with van der Waals surface area (Å²) in [5.41, 5.74) is 0.00106. The molecule has 0 aliphatic carbocycles. The lowest BCUT2D eigenvalue weighted by Crippen LogP contribution is -2.64. The second-order valence-corrected chi connectivity index (χ2v) is 4.50. The Morgan fingerprint density at radius 1 is 1.64 bits per heavy atom. The monoisotopic (exact) mass is 200 g/mol. The molecule has 4 heteroatoms. The fourth-order valence-corrected chi connectivity index (χ4v) is 1.91. The van der Waals surface area contributed by atoms with Gasteiger partial charge in [-0.2, -0.15) is 0 Å². The molecule has 1 unspecified atom stereocenters. The second kappa shape index (κ2) is 4.28. The first kappa shape index (κ1) is 11.5. The Labute approximate surface area is 85.6 Å². The Morgan fingerprint density at radius 2 is 2.29 bits per heavy atom. The maximum absolute atomic E-state index is 11.7. The van der Waals surface area contributed by atoms with Gasteiger partial charge in [-0.15, -0.1) is 0 Å². The van der Waals surface area contributed by atoms with Crippen LogP contribution in [-0.4, -0.2) is 49.2 Å². The third-order valence-corrected chi connectivity index (χ3v) is 2.44. The molecule has 1 aliphatic rings. The van der Waals surface area contributed by atoms with E-state index in [1.807, 2.05) is 11.8 Å². The van der Waals surface area contributed by atoms with Crippen molar-refractivity contribution in [1.29, 1.82) is 0 Å². The zero-order chi connectivity index (χ0) is 10.8. The Kier molecular flexibility index (Phi) is 3.50. The van der Waals surface area contributed by atoms with Crippen LogP contribution in [-0.2, 0) is 9.53 Å². The number of piperazine rings is 1. The molecule has 0 aromatic rings. The Hall–Kier alpha value is -0.610. The van der Waals surface area contributed by atoms with Crippen molar-refractivity contribution in [2.45, 2.75) is 32.4 Å². The van der Waals surface area contributed by atoms with Gasteiger partial charge < -0.3 is 9.64 Å². The molecule has 0 aromatic heterocycles. The van der Waals surface area contributed by atoms with Crippen molar-refractivity contribution in [2.75, 3.05) is 26.8 Å². The highest BCUT2D eigenvalue weighted by atomic mass is 16.5. The quantitative estimate of drug-likeness (QED) is 0.709. The third kappa shape index (κ3) is 2.69. The molecular weight excluding hydrogens is 180 g/mol. The van der Waals surface area contributed by atoms with E-state index in [9.17, 15) is 4.79 Å². The average Bonchev–Trinajstić information content (AvgIpc) is 2.08. The van der Waals surface area contributed by atoms with Crippen molar-refractivity contribution in [1.82, 2.24) is 10.2 Å². The predicted octanol–water partition coefficient (Wildman–Crippen LogP) is 0.232. The molecule has 82 valence electrons. The molecular formula is C10H20N2O2. The van der Waals surface area contributed by atoms with E-state index < -0.39 is 0 Å². The summed E-state index contributed by atoms with van der Waals surface area (Å²) < 4.78 is 4.98. The Bertz CT molecular complexity index is 216. The van der Waals surface area contributed by atoms with Gasteiger partial charge in [0.25, 0.3) is 0 Å². The summed E-state index contributed by atoms with van der Waals surface area (Å²) in [6.45, 7) is 8.16. The van der Waals surface area contributed by atoms with E-state index in [0.29, 0.717) is 13.2 Å². The summed E-state index contributed by atoms with van der Waals surface area (Å²) in [6, 6.07) is -0.0874. The van der Waals surface area contributed by atoms with Crippen LogP contribution in [0.2, 0.25) is 0 Å². The minimum Gasteiger partial charge on any atom is -0.383 e. The standard InChI is InChI=1S/C10H20N2O2/c1-8-9(13)12(5-6-14-4)7-10(2,3)11-8/h8,11H,5-7H2,1-4H3. The Morgan fingerprint density at radius 3 is 2.86 bits per heavy atom. The lowest BCUT2D eigenvalue weighted by atomic mass is 9.99. The molecule has 1 saturated heterocycles. The van der Waals surface area contributed by atoms with Crippen LogP contribution in [0.15, 0.2) is 0 Å². The van der Waals surface area contributed by atoms with Gasteiger partial charge in [0.2, 0.25) is 5.91 Å². The number of carbonyl (C=O) groups excluding carboxylic acids is 1. The molecule has 0 bridgehead atoms. The van der Waals surface area contributed by atoms with Crippen LogP contribution >= 0.6 is 0 Å². The summed E-state index contributed by atoms with van der Waals surface area (Å²) in [6.07, 6.45) is 0. The molecule has 0 radical (unpaired) electrons. The largest absolute Gasteiger partial charge is 0.383 e. The van der Waals surface area contributed by atoms with Gasteiger partial charge >= 0.3 is 0 Å². The highest BCUT2D eigenvalue weighted by Crippen LogP contribution is 2.14. The smallest absolute Gasteiger partial charge is 0.239 e. The molecule has 1 heterocycles. The first-order chi connectivity index (χ1) is 6.46. The van der Waals surface area contributed by atoms with Crippen molar-refractivity contribution in [2.24, 2.45) is 0 Å². The van der Waals surface area contributed by atoms with Gasteiger partial charge in [0, 0.05) is 25.7 Å². The van der Waals surface area contributed by atoms with Crippen LogP contribution in [0.4, 0.5) is 0 Å². The van der Waals surface area contributed by atoms with Crippen molar-refractivity contribution >= 4 is 5.91 Å². The van der Waals surface area contributed by atoms with Crippen LogP contribution in [0.3, 0.4) is 0 Å². The van der Waals surface area contributed by atoms with E-state index in [1.54, 1.807) is 7.11 Å². The number of carbonyl (C=O) groups is 1. The van der Waals surface area contributed by atoms with Gasteiger partial charge in [0.15, 0.2) is 0 Å². The number of amides is 1. The van der Waals surface area contributed by atoms with Gasteiger partial charge in [-0.3, -0.25) is 10.1 Å². The molecule has 1 rings (SSSR count). The maximum Gasteiger partial charge on any atom is 0.239 e. The fraction of sp³-hybridized carbons (Fsp3) is 0.900. The zero-order valence-corrected chi connectivity index (χ0v) is 9.46. The van der Waals surface area contributed by atoms with Gasteiger partial charge in [-0.1, -0.05) is 0 Å². The number of nitrogens with one attached hydrogen (secondary N) is 1. The van der Waals surface area contributed by atoms with E-state index >= 15 is 0 Å². The number of ether oxygens (including phenoxy) is 1. The normalized spacial score (nSPS) is 26.7. The van der Waals surface area contributed by atoms with E-state index in [1.165, 1.54) is 0 Å². The number of hydrogen-bond donors (Lipinski definition) is 1. The molecule has 0 saturated carbocycles. The maximum atomic E-state index is 11.7. The fourth-order valence-electron chi connectivity index (χ4n) is 1.91. The topological polar surface area (TPSA) is 41.6 Å². The molecule has 0 spiro atoms.